The van der Waals surface area contributed by atoms with E-state index in [4.69, 9.17) is 14.5 Å². The number of thioether (sulfide) groups is 1. The molecule has 2 aromatic carbocycles. The van der Waals surface area contributed by atoms with Gasteiger partial charge in [-0.05, 0) is 58.9 Å². The van der Waals surface area contributed by atoms with Gasteiger partial charge in [-0.25, -0.2) is 4.98 Å². The fraction of sp³-hybridized carbons (Fsp3) is 0.231. The number of ether oxygens (including phenoxy) is 2. The van der Waals surface area contributed by atoms with Gasteiger partial charge in [0.25, 0.3) is 5.56 Å². The summed E-state index contributed by atoms with van der Waals surface area (Å²) in [5.74, 6) is 1.98. The van der Waals surface area contributed by atoms with E-state index in [1.54, 1.807) is 14.2 Å². The van der Waals surface area contributed by atoms with Crippen LogP contribution in [0.25, 0.3) is 6.08 Å². The van der Waals surface area contributed by atoms with Crippen molar-refractivity contribution in [3.8, 4) is 11.5 Å². The Morgan fingerprint density at radius 3 is 2.32 bits per heavy atom. The Morgan fingerprint density at radius 2 is 1.68 bits per heavy atom. The van der Waals surface area contributed by atoms with Crippen molar-refractivity contribution in [3.63, 3.8) is 0 Å². The van der Waals surface area contributed by atoms with Gasteiger partial charge in [-0.3, -0.25) is 4.79 Å². The van der Waals surface area contributed by atoms with Gasteiger partial charge >= 0.3 is 0 Å². The molecule has 174 valence electrons. The average molecular weight is 475 g/mol. The summed E-state index contributed by atoms with van der Waals surface area (Å²) in [6.45, 7) is 1.38. The fourth-order valence-corrected chi connectivity index (χ4v) is 4.90. The van der Waals surface area contributed by atoms with E-state index in [0.717, 1.165) is 39.5 Å². The van der Waals surface area contributed by atoms with Crippen molar-refractivity contribution < 1.29 is 9.47 Å². The van der Waals surface area contributed by atoms with Crippen molar-refractivity contribution >= 4 is 23.7 Å². The molecule has 2 aliphatic rings. The van der Waals surface area contributed by atoms with Crippen molar-refractivity contribution in [2.24, 2.45) is 0 Å². The van der Waals surface area contributed by atoms with Gasteiger partial charge in [-0.2, -0.15) is 0 Å². The lowest BCUT2D eigenvalue weighted by Gasteiger charge is -2.35. The predicted molar refractivity (Wildman–Crippen MR) is 136 cm³/mol. The number of hydrogen-bond donors (Lipinski definition) is 3. The van der Waals surface area contributed by atoms with E-state index in [2.05, 4.69) is 21.7 Å². The van der Waals surface area contributed by atoms with Gasteiger partial charge in [0, 0.05) is 24.7 Å². The number of benzene rings is 2. The summed E-state index contributed by atoms with van der Waals surface area (Å²) in [7, 11) is 3.31. The molecule has 34 heavy (non-hydrogen) atoms. The van der Waals surface area contributed by atoms with Gasteiger partial charge < -0.3 is 25.1 Å². The molecule has 3 heterocycles. The van der Waals surface area contributed by atoms with E-state index in [0.29, 0.717) is 29.6 Å². The lowest BCUT2D eigenvalue weighted by molar-refractivity contribution is 0.414. The summed E-state index contributed by atoms with van der Waals surface area (Å²) in [5.41, 5.74) is 5.86. The number of anilines is 1. The zero-order valence-corrected chi connectivity index (χ0v) is 20.1. The first-order chi connectivity index (χ1) is 16.6. The smallest absolute Gasteiger partial charge is 0.257 e. The lowest BCUT2D eigenvalue weighted by atomic mass is 9.79. The molecule has 0 saturated carbocycles. The second-order valence-corrected chi connectivity index (χ2v) is 8.91. The molecule has 0 fully saturated rings. The van der Waals surface area contributed by atoms with E-state index in [1.165, 1.54) is 11.8 Å². The lowest BCUT2D eigenvalue weighted by Crippen LogP contribution is -2.37. The molecule has 1 aromatic heterocycles. The standard InChI is InChI=1S/C26H26N4O3S/c1-32-18-8-4-15(5-9-18)12-17-13-27-14-20-21(16-6-10-19(33-2)11-7-16)22-24(28-23(17)20)29-26(34-3)30-25(22)31/h4-12,21,27H,13-14H2,1-3H3,(H2,28,29,30,31)/b17-12+. The summed E-state index contributed by atoms with van der Waals surface area (Å²) in [5, 5.41) is 7.61. The molecule has 5 rings (SSSR count). The SMILES string of the molecule is COc1ccc(/C=C2\CNCC3=C2Nc2nc(SC)[nH]c(=O)c2C3c2ccc(OC)cc2)cc1. The number of rotatable bonds is 5. The number of hydrogen-bond acceptors (Lipinski definition) is 7. The van der Waals surface area contributed by atoms with Crippen molar-refractivity contribution in [3.05, 3.63) is 92.4 Å². The monoisotopic (exact) mass is 474 g/mol. The van der Waals surface area contributed by atoms with Crippen LogP contribution in [0.2, 0.25) is 0 Å². The third-order valence-corrected chi connectivity index (χ3v) is 6.77. The number of H-pyrrole nitrogens is 1. The van der Waals surface area contributed by atoms with Crippen LogP contribution in [0.5, 0.6) is 11.5 Å². The molecule has 0 radical (unpaired) electrons. The van der Waals surface area contributed by atoms with Gasteiger partial charge in [0.1, 0.15) is 17.3 Å². The van der Waals surface area contributed by atoms with E-state index in [1.807, 2.05) is 54.8 Å². The molecule has 0 aliphatic carbocycles. The molecule has 8 heteroatoms. The minimum Gasteiger partial charge on any atom is -0.497 e. The van der Waals surface area contributed by atoms with Crippen molar-refractivity contribution in [1.82, 2.24) is 15.3 Å². The molecule has 1 unspecified atom stereocenters. The van der Waals surface area contributed by atoms with Crippen LogP contribution in [0, 0.1) is 0 Å². The third-order valence-electron chi connectivity index (χ3n) is 6.19. The third kappa shape index (κ3) is 4.10. The maximum Gasteiger partial charge on any atom is 0.257 e. The first-order valence-electron chi connectivity index (χ1n) is 11.0. The molecule has 0 bridgehead atoms. The van der Waals surface area contributed by atoms with Crippen LogP contribution in [0.1, 0.15) is 22.6 Å². The van der Waals surface area contributed by atoms with Crippen LogP contribution in [0.15, 0.2) is 75.3 Å². The van der Waals surface area contributed by atoms with Crippen molar-refractivity contribution in [1.29, 1.82) is 0 Å². The topological polar surface area (TPSA) is 88.3 Å². The Hall–Kier alpha value is -3.49. The van der Waals surface area contributed by atoms with Gasteiger partial charge in [0.2, 0.25) is 0 Å². The highest BCUT2D eigenvalue weighted by Gasteiger charge is 2.35. The second kappa shape index (κ2) is 9.40. The largest absolute Gasteiger partial charge is 0.497 e. The predicted octanol–water partition coefficient (Wildman–Crippen LogP) is 4.01. The Bertz CT molecular complexity index is 1330. The Kier molecular flexibility index (Phi) is 6.17. The van der Waals surface area contributed by atoms with Gasteiger partial charge in [-0.1, -0.05) is 36.0 Å². The number of aromatic nitrogens is 2. The molecule has 3 aromatic rings. The normalized spacial score (nSPS) is 18.2. The molecule has 0 spiro atoms. The number of methoxy groups -OCH3 is 2. The average Bonchev–Trinajstić information content (AvgIpc) is 2.88. The van der Waals surface area contributed by atoms with Gasteiger partial charge in [-0.15, -0.1) is 0 Å². The number of nitrogens with one attached hydrogen (secondary N) is 3. The maximum absolute atomic E-state index is 13.2. The molecule has 0 saturated heterocycles. The molecular weight excluding hydrogens is 448 g/mol. The van der Waals surface area contributed by atoms with Crippen LogP contribution in [0.4, 0.5) is 5.82 Å². The number of nitrogens with zero attached hydrogens (tertiary/aromatic N) is 1. The minimum atomic E-state index is -0.226. The summed E-state index contributed by atoms with van der Waals surface area (Å²) in [4.78, 5) is 20.9. The quantitative estimate of drug-likeness (QED) is 0.380. The summed E-state index contributed by atoms with van der Waals surface area (Å²) in [6, 6.07) is 15.9. The highest BCUT2D eigenvalue weighted by molar-refractivity contribution is 7.98. The van der Waals surface area contributed by atoms with Crippen LogP contribution >= 0.6 is 11.8 Å². The molecule has 3 N–H and O–H groups in total. The van der Waals surface area contributed by atoms with E-state index < -0.39 is 0 Å². The molecule has 0 amide bonds. The number of fused-ring (bicyclic) bond motifs is 1. The first kappa shape index (κ1) is 22.3. The number of aromatic amines is 1. The highest BCUT2D eigenvalue weighted by atomic mass is 32.2. The Balaban J connectivity index is 1.66. The molecule has 7 nitrogen and oxygen atoms in total. The fourth-order valence-electron chi connectivity index (χ4n) is 4.52. The van der Waals surface area contributed by atoms with Crippen LogP contribution in [-0.4, -0.2) is 43.5 Å². The molecular formula is C26H26N4O3S. The van der Waals surface area contributed by atoms with E-state index >= 15 is 0 Å². The summed E-state index contributed by atoms with van der Waals surface area (Å²) < 4.78 is 10.6. The maximum atomic E-state index is 13.2. The summed E-state index contributed by atoms with van der Waals surface area (Å²) in [6.07, 6.45) is 4.06. The molecule has 1 atom stereocenters. The van der Waals surface area contributed by atoms with Crippen molar-refractivity contribution in [2.75, 3.05) is 38.9 Å². The highest BCUT2D eigenvalue weighted by Crippen LogP contribution is 2.42. The zero-order chi connectivity index (χ0) is 23.7. The second-order valence-electron chi connectivity index (χ2n) is 8.12. The van der Waals surface area contributed by atoms with Crippen LogP contribution in [0.3, 0.4) is 0 Å². The van der Waals surface area contributed by atoms with Crippen molar-refractivity contribution in [2.45, 2.75) is 11.1 Å². The first-order valence-corrected chi connectivity index (χ1v) is 12.2. The van der Waals surface area contributed by atoms with Gasteiger partial charge in [0.15, 0.2) is 5.16 Å². The van der Waals surface area contributed by atoms with E-state index in [9.17, 15) is 4.79 Å². The Labute approximate surface area is 202 Å². The van der Waals surface area contributed by atoms with Crippen LogP contribution < -0.4 is 25.7 Å². The van der Waals surface area contributed by atoms with Gasteiger partial charge in [0.05, 0.1) is 19.8 Å². The minimum absolute atomic E-state index is 0.125. The summed E-state index contributed by atoms with van der Waals surface area (Å²) >= 11 is 1.42. The van der Waals surface area contributed by atoms with Crippen LogP contribution in [-0.2, 0) is 0 Å². The zero-order valence-electron chi connectivity index (χ0n) is 19.3. The van der Waals surface area contributed by atoms with E-state index in [-0.39, 0.29) is 11.5 Å². The Morgan fingerprint density at radius 1 is 1.00 bits per heavy atom. The molecule has 2 aliphatic heterocycles.